The van der Waals surface area contributed by atoms with Gasteiger partial charge in [-0.1, -0.05) is 0 Å². The second kappa shape index (κ2) is 7.25. The summed E-state index contributed by atoms with van der Waals surface area (Å²) < 4.78 is 10.7. The second-order valence-corrected chi connectivity index (χ2v) is 5.69. The van der Waals surface area contributed by atoms with Crippen molar-refractivity contribution in [2.45, 2.75) is 19.3 Å². The van der Waals surface area contributed by atoms with Crippen LogP contribution in [0.2, 0.25) is 0 Å². The molecule has 2 aromatic rings. The summed E-state index contributed by atoms with van der Waals surface area (Å²) >= 11 is 0. The fourth-order valence-electron chi connectivity index (χ4n) is 2.83. The molecule has 25 heavy (non-hydrogen) atoms. The number of benzene rings is 1. The van der Waals surface area contributed by atoms with Crippen molar-refractivity contribution in [1.29, 1.82) is 0 Å². The first-order valence-electron chi connectivity index (χ1n) is 8.15. The van der Waals surface area contributed by atoms with Crippen molar-refractivity contribution >= 4 is 23.6 Å². The molecule has 3 rings (SSSR count). The normalized spacial score (nSPS) is 15.3. The highest BCUT2D eigenvalue weighted by molar-refractivity contribution is 5.89. The van der Waals surface area contributed by atoms with E-state index >= 15 is 0 Å². The fourth-order valence-corrected chi connectivity index (χ4v) is 2.83. The number of nitrogens with two attached hydrogens (primary N) is 2. The van der Waals surface area contributed by atoms with Gasteiger partial charge in [0, 0.05) is 18.0 Å². The van der Waals surface area contributed by atoms with Crippen molar-refractivity contribution in [3.63, 3.8) is 0 Å². The lowest BCUT2D eigenvalue weighted by atomic mass is 10.0. The number of ether oxygens (including phenoxy) is 2. The van der Waals surface area contributed by atoms with Crippen molar-refractivity contribution in [2.24, 2.45) is 0 Å². The van der Waals surface area contributed by atoms with E-state index < -0.39 is 0 Å². The molecular formula is C17H21N5O3. The van der Waals surface area contributed by atoms with Crippen molar-refractivity contribution in [3.8, 4) is 5.75 Å². The van der Waals surface area contributed by atoms with Crippen LogP contribution in [0.1, 0.15) is 35.2 Å². The molecule has 1 aromatic carbocycles. The molecule has 1 atom stereocenters. The van der Waals surface area contributed by atoms with Crippen LogP contribution in [0.4, 0.5) is 17.6 Å². The van der Waals surface area contributed by atoms with Crippen molar-refractivity contribution in [3.05, 3.63) is 35.4 Å². The molecule has 1 aliphatic heterocycles. The summed E-state index contributed by atoms with van der Waals surface area (Å²) in [7, 11) is 0. The Morgan fingerprint density at radius 2 is 2.04 bits per heavy atom. The van der Waals surface area contributed by atoms with E-state index in [1.807, 2.05) is 0 Å². The number of aromatic nitrogens is 2. The summed E-state index contributed by atoms with van der Waals surface area (Å²) in [6.07, 6.45) is 0.761. The molecule has 8 heteroatoms. The third-order valence-electron chi connectivity index (χ3n) is 4.02. The highest BCUT2D eigenvalue weighted by Gasteiger charge is 2.27. The van der Waals surface area contributed by atoms with Gasteiger partial charge < -0.3 is 26.3 Å². The largest absolute Gasteiger partial charge is 0.494 e. The molecule has 132 valence electrons. The topological polar surface area (TPSA) is 125 Å². The van der Waals surface area contributed by atoms with Crippen molar-refractivity contribution < 1.29 is 14.3 Å². The number of hydrogen-bond donors (Lipinski definition) is 3. The monoisotopic (exact) mass is 343 g/mol. The first-order chi connectivity index (χ1) is 12.1. The molecule has 0 bridgehead atoms. The van der Waals surface area contributed by atoms with Crippen molar-refractivity contribution in [2.75, 3.05) is 36.5 Å². The maximum absolute atomic E-state index is 11.6. The van der Waals surface area contributed by atoms with Crippen LogP contribution in [0.3, 0.4) is 0 Å². The zero-order valence-electron chi connectivity index (χ0n) is 14.0. The molecule has 0 spiro atoms. The maximum atomic E-state index is 11.6. The summed E-state index contributed by atoms with van der Waals surface area (Å²) in [5.74, 6) is 1.82. The van der Waals surface area contributed by atoms with Gasteiger partial charge in [0.25, 0.3) is 0 Å². The Morgan fingerprint density at radius 3 is 2.76 bits per heavy atom. The number of carbonyl (C=O) groups is 1. The van der Waals surface area contributed by atoms with Gasteiger partial charge in [0.15, 0.2) is 0 Å². The maximum Gasteiger partial charge on any atom is 0.338 e. The highest BCUT2D eigenvalue weighted by Crippen LogP contribution is 2.36. The lowest BCUT2D eigenvalue weighted by Gasteiger charge is -2.12. The summed E-state index contributed by atoms with van der Waals surface area (Å²) in [6, 6.07) is 6.89. The number of rotatable bonds is 6. The molecule has 1 aliphatic rings. The van der Waals surface area contributed by atoms with E-state index in [4.69, 9.17) is 20.9 Å². The van der Waals surface area contributed by atoms with Gasteiger partial charge in [-0.05, 0) is 37.6 Å². The van der Waals surface area contributed by atoms with Crippen LogP contribution in [-0.2, 0) is 4.74 Å². The third-order valence-corrected chi connectivity index (χ3v) is 4.02. The van der Waals surface area contributed by atoms with Crippen LogP contribution in [0.25, 0.3) is 0 Å². The van der Waals surface area contributed by atoms with E-state index in [0.29, 0.717) is 36.2 Å². The molecule has 0 radical (unpaired) electrons. The predicted molar refractivity (Wildman–Crippen MR) is 94.6 cm³/mol. The van der Waals surface area contributed by atoms with E-state index in [-0.39, 0.29) is 17.8 Å². The highest BCUT2D eigenvalue weighted by atomic mass is 16.5. The van der Waals surface area contributed by atoms with Gasteiger partial charge in [-0.15, -0.1) is 0 Å². The third kappa shape index (κ3) is 3.73. The molecular weight excluding hydrogens is 322 g/mol. The lowest BCUT2D eigenvalue weighted by Crippen LogP contribution is -2.10. The van der Waals surface area contributed by atoms with E-state index in [0.717, 1.165) is 18.5 Å². The first-order valence-corrected chi connectivity index (χ1v) is 8.15. The Bertz CT molecular complexity index is 764. The Kier molecular flexibility index (Phi) is 4.87. The second-order valence-electron chi connectivity index (χ2n) is 5.69. The zero-order valence-corrected chi connectivity index (χ0v) is 14.0. The SMILES string of the molecule is CCOC(=O)c1ccc(OCCC2CNc3nc(N)nc(N)c32)cc1. The van der Waals surface area contributed by atoms with Gasteiger partial charge in [0.1, 0.15) is 17.4 Å². The van der Waals surface area contributed by atoms with Gasteiger partial charge >= 0.3 is 5.97 Å². The average Bonchev–Trinajstić information content (AvgIpc) is 2.99. The number of nitrogens with one attached hydrogen (secondary N) is 1. The Hall–Kier alpha value is -3.03. The quantitative estimate of drug-likeness (QED) is 0.678. The van der Waals surface area contributed by atoms with Crippen LogP contribution >= 0.6 is 0 Å². The van der Waals surface area contributed by atoms with Gasteiger partial charge in [0.05, 0.1) is 18.8 Å². The molecule has 0 saturated heterocycles. The number of carbonyl (C=O) groups excluding carboxylic acids is 1. The molecule has 0 saturated carbocycles. The van der Waals surface area contributed by atoms with Gasteiger partial charge in [-0.2, -0.15) is 9.97 Å². The number of esters is 1. The number of nitrogens with zero attached hydrogens (tertiary/aromatic N) is 2. The zero-order chi connectivity index (χ0) is 17.8. The van der Waals surface area contributed by atoms with Gasteiger partial charge in [-0.25, -0.2) is 4.79 Å². The Balaban J connectivity index is 1.55. The first kappa shape index (κ1) is 16.8. The number of hydrogen-bond acceptors (Lipinski definition) is 8. The molecule has 5 N–H and O–H groups in total. The van der Waals surface area contributed by atoms with Crippen LogP contribution in [0.15, 0.2) is 24.3 Å². The molecule has 0 fully saturated rings. The summed E-state index contributed by atoms with van der Waals surface area (Å²) in [5.41, 5.74) is 13.0. The smallest absolute Gasteiger partial charge is 0.338 e. The molecule has 8 nitrogen and oxygen atoms in total. The summed E-state index contributed by atoms with van der Waals surface area (Å²) in [6.45, 7) is 3.36. The lowest BCUT2D eigenvalue weighted by molar-refractivity contribution is 0.0526. The Labute approximate surface area is 145 Å². The minimum Gasteiger partial charge on any atom is -0.494 e. The van der Waals surface area contributed by atoms with Crippen LogP contribution in [0, 0.1) is 0 Å². The summed E-state index contributed by atoms with van der Waals surface area (Å²) in [5, 5.41) is 3.19. The summed E-state index contributed by atoms with van der Waals surface area (Å²) in [4.78, 5) is 19.8. The van der Waals surface area contributed by atoms with E-state index in [9.17, 15) is 4.79 Å². The molecule has 0 aliphatic carbocycles. The molecule has 1 aromatic heterocycles. The van der Waals surface area contributed by atoms with Gasteiger partial charge in [-0.3, -0.25) is 0 Å². The fraction of sp³-hybridized carbons (Fsp3) is 0.353. The minimum atomic E-state index is -0.336. The Morgan fingerprint density at radius 1 is 1.28 bits per heavy atom. The van der Waals surface area contributed by atoms with Crippen LogP contribution < -0.4 is 21.5 Å². The van der Waals surface area contributed by atoms with E-state index in [1.54, 1.807) is 31.2 Å². The minimum absolute atomic E-state index is 0.169. The van der Waals surface area contributed by atoms with Crippen LogP contribution in [-0.4, -0.2) is 35.7 Å². The number of fused-ring (bicyclic) bond motifs is 1. The van der Waals surface area contributed by atoms with Gasteiger partial charge in [0.2, 0.25) is 5.95 Å². The molecule has 0 amide bonds. The van der Waals surface area contributed by atoms with E-state index in [2.05, 4.69) is 15.3 Å². The predicted octanol–water partition coefficient (Wildman–Crippen LogP) is 1.80. The standard InChI is InChI=1S/C17H21N5O3/c1-2-24-16(23)10-3-5-12(6-4-10)25-8-7-11-9-20-15-13(11)14(18)21-17(19)22-15/h3-6,11H,2,7-9H2,1H3,(H5,18,19,20,21,22). The molecule has 2 heterocycles. The molecule has 1 unspecified atom stereocenters. The average molecular weight is 343 g/mol. The van der Waals surface area contributed by atoms with Crippen molar-refractivity contribution in [1.82, 2.24) is 9.97 Å². The van der Waals surface area contributed by atoms with Crippen LogP contribution in [0.5, 0.6) is 5.75 Å². The number of nitrogen functional groups attached to an aromatic ring is 2. The van der Waals surface area contributed by atoms with E-state index in [1.165, 1.54) is 0 Å². The number of anilines is 3.